The van der Waals surface area contributed by atoms with Crippen LogP contribution in [0.15, 0.2) is 40.0 Å². The largest absolute Gasteiger partial charge is 0.486 e. The average molecular weight is 541 g/mol. The van der Waals surface area contributed by atoms with Gasteiger partial charge in [0.15, 0.2) is 17.5 Å². The Morgan fingerprint density at radius 1 is 1.10 bits per heavy atom. The molecule has 0 spiro atoms. The third-order valence-corrected chi connectivity index (χ3v) is 5.77. The van der Waals surface area contributed by atoms with E-state index in [1.807, 2.05) is 19.2 Å². The summed E-state index contributed by atoms with van der Waals surface area (Å²) in [5, 5.41) is 7.59. The van der Waals surface area contributed by atoms with Gasteiger partial charge in [0.05, 0.1) is 5.69 Å². The highest BCUT2D eigenvalue weighted by molar-refractivity contribution is 14.0. The van der Waals surface area contributed by atoms with Gasteiger partial charge in [-0.1, -0.05) is 25.1 Å². The predicted octanol–water partition coefficient (Wildman–Crippen LogP) is 2.73. The predicted molar refractivity (Wildman–Crippen MR) is 131 cm³/mol. The summed E-state index contributed by atoms with van der Waals surface area (Å²) in [6, 6.07) is 8.16. The Morgan fingerprint density at radius 3 is 2.52 bits per heavy atom. The van der Waals surface area contributed by atoms with E-state index in [1.54, 1.807) is 6.26 Å². The Hall–Kier alpha value is -2.01. The highest BCUT2D eigenvalue weighted by atomic mass is 127. The monoisotopic (exact) mass is 541 g/mol. The summed E-state index contributed by atoms with van der Waals surface area (Å²) in [6.07, 6.45) is 1.63. The molecule has 170 valence electrons. The van der Waals surface area contributed by atoms with Gasteiger partial charge >= 0.3 is 0 Å². The van der Waals surface area contributed by atoms with Gasteiger partial charge in [-0.15, -0.1) is 24.0 Å². The Balaban J connectivity index is 0.00000272. The lowest BCUT2D eigenvalue weighted by Gasteiger charge is -2.37. The first-order valence-corrected chi connectivity index (χ1v) is 10.5. The molecule has 8 nitrogen and oxygen atoms in total. The number of nitrogens with zero attached hydrogens (tertiary/aromatic N) is 4. The summed E-state index contributed by atoms with van der Waals surface area (Å²) < 4.78 is 16.3. The van der Waals surface area contributed by atoms with Crippen LogP contribution in [0.1, 0.15) is 25.1 Å². The number of halogens is 1. The SMILES string of the molecule is CN=C(NCC(C)(C)c1ccc2c(c1)OCCO2)N1CCN(Cc2ccon2)CC1.I. The second-order valence-electron chi connectivity index (χ2n) is 8.40. The van der Waals surface area contributed by atoms with E-state index in [9.17, 15) is 0 Å². The second-order valence-corrected chi connectivity index (χ2v) is 8.40. The molecule has 31 heavy (non-hydrogen) atoms. The summed E-state index contributed by atoms with van der Waals surface area (Å²) in [5.74, 6) is 2.61. The minimum Gasteiger partial charge on any atom is -0.486 e. The van der Waals surface area contributed by atoms with E-state index < -0.39 is 0 Å². The highest BCUT2D eigenvalue weighted by Crippen LogP contribution is 2.34. The summed E-state index contributed by atoms with van der Waals surface area (Å²) in [5.41, 5.74) is 2.11. The maximum atomic E-state index is 5.76. The zero-order chi connectivity index (χ0) is 21.0. The lowest BCUT2D eigenvalue weighted by atomic mass is 9.84. The maximum absolute atomic E-state index is 5.76. The maximum Gasteiger partial charge on any atom is 0.193 e. The van der Waals surface area contributed by atoms with Crippen molar-refractivity contribution in [2.24, 2.45) is 4.99 Å². The van der Waals surface area contributed by atoms with Gasteiger partial charge in [0.2, 0.25) is 0 Å². The minimum absolute atomic E-state index is 0. The lowest BCUT2D eigenvalue weighted by molar-refractivity contribution is 0.168. The number of aliphatic imine (C=N–C) groups is 1. The molecule has 2 aromatic rings. The van der Waals surface area contributed by atoms with Gasteiger partial charge in [-0.25, -0.2) is 0 Å². The zero-order valence-electron chi connectivity index (χ0n) is 18.5. The molecular weight excluding hydrogens is 509 g/mol. The fraction of sp³-hybridized carbons (Fsp3) is 0.545. The first-order chi connectivity index (χ1) is 14.5. The van der Waals surface area contributed by atoms with Crippen LogP contribution in [0.3, 0.4) is 0 Å². The van der Waals surface area contributed by atoms with E-state index in [4.69, 9.17) is 14.0 Å². The fourth-order valence-corrected chi connectivity index (χ4v) is 3.86. The van der Waals surface area contributed by atoms with Crippen LogP contribution in [0, 0.1) is 0 Å². The molecule has 0 saturated carbocycles. The molecule has 3 heterocycles. The number of hydrogen-bond acceptors (Lipinski definition) is 6. The first-order valence-electron chi connectivity index (χ1n) is 10.5. The first kappa shape index (κ1) is 23.6. The fourth-order valence-electron chi connectivity index (χ4n) is 3.86. The van der Waals surface area contributed by atoms with Crippen LogP contribution in [0.5, 0.6) is 11.5 Å². The number of rotatable bonds is 5. The number of nitrogens with one attached hydrogen (secondary N) is 1. The van der Waals surface area contributed by atoms with Gasteiger partial charge in [-0.2, -0.15) is 0 Å². The van der Waals surface area contributed by atoms with Crippen molar-refractivity contribution in [1.82, 2.24) is 20.3 Å². The molecule has 4 rings (SSSR count). The molecule has 9 heteroatoms. The van der Waals surface area contributed by atoms with Crippen LogP contribution in [-0.2, 0) is 12.0 Å². The zero-order valence-corrected chi connectivity index (χ0v) is 20.8. The van der Waals surface area contributed by atoms with Crippen LogP contribution in [-0.4, -0.2) is 73.9 Å². The van der Waals surface area contributed by atoms with Crippen molar-refractivity contribution in [2.75, 3.05) is 53.0 Å². The minimum atomic E-state index is -0.0828. The lowest BCUT2D eigenvalue weighted by Crippen LogP contribution is -2.53. The molecule has 1 saturated heterocycles. The van der Waals surface area contributed by atoms with E-state index in [-0.39, 0.29) is 29.4 Å². The number of benzene rings is 1. The van der Waals surface area contributed by atoms with E-state index in [0.29, 0.717) is 13.2 Å². The van der Waals surface area contributed by atoms with Gasteiger partial charge in [-0.05, 0) is 17.7 Å². The van der Waals surface area contributed by atoms with Crippen molar-refractivity contribution in [3.05, 3.63) is 41.8 Å². The van der Waals surface area contributed by atoms with Crippen molar-refractivity contribution in [3.8, 4) is 11.5 Å². The van der Waals surface area contributed by atoms with Gasteiger partial charge in [0.25, 0.3) is 0 Å². The summed E-state index contributed by atoms with van der Waals surface area (Å²) >= 11 is 0. The molecular formula is C22H32IN5O3. The summed E-state index contributed by atoms with van der Waals surface area (Å²) in [4.78, 5) is 9.23. The summed E-state index contributed by atoms with van der Waals surface area (Å²) in [6.45, 7) is 11.1. The number of ether oxygens (including phenoxy) is 2. The summed E-state index contributed by atoms with van der Waals surface area (Å²) in [7, 11) is 1.85. The van der Waals surface area contributed by atoms with Crippen molar-refractivity contribution < 1.29 is 14.0 Å². The number of hydrogen-bond donors (Lipinski definition) is 1. The van der Waals surface area contributed by atoms with Gasteiger partial charge in [0, 0.05) is 57.8 Å². The molecule has 1 aromatic heterocycles. The number of guanidine groups is 1. The molecule has 2 aliphatic rings. The Bertz CT molecular complexity index is 864. The molecule has 0 unspecified atom stereocenters. The van der Waals surface area contributed by atoms with Gasteiger partial charge in [0.1, 0.15) is 19.5 Å². The highest BCUT2D eigenvalue weighted by Gasteiger charge is 2.26. The number of piperazine rings is 1. The van der Waals surface area contributed by atoms with Gasteiger partial charge < -0.3 is 24.2 Å². The molecule has 2 aliphatic heterocycles. The van der Waals surface area contributed by atoms with E-state index in [0.717, 1.165) is 62.4 Å². The number of aromatic nitrogens is 1. The smallest absolute Gasteiger partial charge is 0.193 e. The van der Waals surface area contributed by atoms with Crippen LogP contribution in [0.2, 0.25) is 0 Å². The standard InChI is InChI=1S/C22H31N5O3.HI/c1-22(2,17-4-5-19-20(14-17)29-13-12-28-19)16-24-21(23-3)27-9-7-26(8-10-27)15-18-6-11-30-25-18;/h4-6,11,14H,7-10,12-13,15-16H2,1-3H3,(H,23,24);1H. The average Bonchev–Trinajstić information content (AvgIpc) is 3.28. The number of fused-ring (bicyclic) bond motifs is 1. The van der Waals surface area contributed by atoms with Crippen LogP contribution in [0.25, 0.3) is 0 Å². The normalized spacial score (nSPS) is 17.3. The van der Waals surface area contributed by atoms with E-state index in [2.05, 4.69) is 51.2 Å². The molecule has 0 radical (unpaired) electrons. The van der Waals surface area contributed by atoms with Crippen molar-refractivity contribution >= 4 is 29.9 Å². The van der Waals surface area contributed by atoms with Crippen LogP contribution in [0.4, 0.5) is 0 Å². The van der Waals surface area contributed by atoms with Crippen LogP contribution >= 0.6 is 24.0 Å². The van der Waals surface area contributed by atoms with E-state index in [1.165, 1.54) is 5.56 Å². The molecule has 1 fully saturated rings. The quantitative estimate of drug-likeness (QED) is 0.355. The Kier molecular flexibility index (Phi) is 8.04. The molecule has 1 aromatic carbocycles. The molecule has 0 aliphatic carbocycles. The van der Waals surface area contributed by atoms with Gasteiger partial charge in [-0.3, -0.25) is 9.89 Å². The van der Waals surface area contributed by atoms with Crippen LogP contribution < -0.4 is 14.8 Å². The molecule has 0 bridgehead atoms. The third-order valence-electron chi connectivity index (χ3n) is 5.77. The van der Waals surface area contributed by atoms with Crippen molar-refractivity contribution in [3.63, 3.8) is 0 Å². The molecule has 0 amide bonds. The topological polar surface area (TPSA) is 75.4 Å². The Morgan fingerprint density at radius 2 is 1.84 bits per heavy atom. The van der Waals surface area contributed by atoms with E-state index >= 15 is 0 Å². The molecule has 0 atom stereocenters. The Labute approximate surface area is 201 Å². The molecule has 1 N–H and O–H groups in total. The van der Waals surface area contributed by atoms with Crippen molar-refractivity contribution in [1.29, 1.82) is 0 Å². The third kappa shape index (κ3) is 5.82. The van der Waals surface area contributed by atoms with Crippen molar-refractivity contribution in [2.45, 2.75) is 25.8 Å². The second kappa shape index (κ2) is 10.5.